The average molecular weight is 561 g/mol. The zero-order valence-corrected chi connectivity index (χ0v) is 24.9. The summed E-state index contributed by atoms with van der Waals surface area (Å²) in [5.41, 5.74) is 5.86. The number of aromatic hydroxyl groups is 1. The van der Waals surface area contributed by atoms with E-state index in [1.807, 2.05) is 18.2 Å². The predicted molar refractivity (Wildman–Crippen MR) is 164 cm³/mol. The Morgan fingerprint density at radius 3 is 2.51 bits per heavy atom. The molecule has 1 saturated heterocycles. The van der Waals surface area contributed by atoms with Crippen molar-refractivity contribution in [2.45, 2.75) is 77.3 Å². The number of halogens is 1. The lowest BCUT2D eigenvalue weighted by Crippen LogP contribution is -2.32. The molecule has 1 heterocycles. The first-order valence-corrected chi connectivity index (χ1v) is 15.3. The van der Waals surface area contributed by atoms with Gasteiger partial charge in [-0.05, 0) is 118 Å². The van der Waals surface area contributed by atoms with Crippen molar-refractivity contribution in [3.63, 3.8) is 0 Å². The van der Waals surface area contributed by atoms with E-state index < -0.39 is 0 Å². The summed E-state index contributed by atoms with van der Waals surface area (Å²) in [6.45, 7) is 8.51. The first-order chi connectivity index (χ1) is 19.9. The van der Waals surface area contributed by atoms with Gasteiger partial charge in [-0.2, -0.15) is 0 Å². The summed E-state index contributed by atoms with van der Waals surface area (Å²) in [6, 6.07) is 17.7. The monoisotopic (exact) mass is 560 g/mol. The van der Waals surface area contributed by atoms with Crippen molar-refractivity contribution in [2.24, 2.45) is 0 Å². The van der Waals surface area contributed by atoms with Gasteiger partial charge in [-0.15, -0.1) is 0 Å². The molecule has 0 spiro atoms. The number of phenols is 1. The molecule has 1 aliphatic heterocycles. The van der Waals surface area contributed by atoms with Gasteiger partial charge in [-0.3, -0.25) is 4.90 Å². The maximum absolute atomic E-state index is 15.2. The minimum Gasteiger partial charge on any atom is -0.508 e. The van der Waals surface area contributed by atoms with Gasteiger partial charge in [0, 0.05) is 30.9 Å². The zero-order valence-electron chi connectivity index (χ0n) is 24.9. The fourth-order valence-corrected chi connectivity index (χ4v) is 6.40. The van der Waals surface area contributed by atoms with Crippen LogP contribution in [0.1, 0.15) is 74.1 Å². The fourth-order valence-electron chi connectivity index (χ4n) is 6.40. The largest absolute Gasteiger partial charge is 0.508 e. The summed E-state index contributed by atoms with van der Waals surface area (Å²) in [6.07, 6.45) is 7.97. The number of hydrogen-bond acceptors (Lipinski definition) is 5. The Labute approximate surface area is 244 Å². The third-order valence-electron chi connectivity index (χ3n) is 8.74. The van der Waals surface area contributed by atoms with E-state index in [1.165, 1.54) is 42.4 Å². The number of ether oxygens (including phenoxy) is 2. The number of anilines is 1. The lowest BCUT2D eigenvalue weighted by atomic mass is 9.79. The molecule has 0 saturated carbocycles. The van der Waals surface area contributed by atoms with Crippen molar-refractivity contribution in [2.75, 3.05) is 38.3 Å². The van der Waals surface area contributed by atoms with E-state index in [-0.39, 0.29) is 11.9 Å². The lowest BCUT2D eigenvalue weighted by Gasteiger charge is -2.35. The lowest BCUT2D eigenvalue weighted by molar-refractivity contribution is 0.209. The first-order valence-electron chi connectivity index (χ1n) is 15.3. The van der Waals surface area contributed by atoms with Crippen LogP contribution in [0.5, 0.6) is 17.2 Å². The Kier molecular flexibility index (Phi) is 9.71. The Balaban J connectivity index is 1.32. The van der Waals surface area contributed by atoms with Gasteiger partial charge < -0.3 is 19.5 Å². The van der Waals surface area contributed by atoms with Gasteiger partial charge in [-0.1, -0.05) is 31.0 Å². The molecule has 0 amide bonds. The summed E-state index contributed by atoms with van der Waals surface area (Å²) in [7, 11) is 1.70. The Hall–Kier alpha value is -3.25. The molecule has 0 unspecified atom stereocenters. The quantitative estimate of drug-likeness (QED) is 0.279. The molecule has 2 aliphatic rings. The van der Waals surface area contributed by atoms with Gasteiger partial charge in [-0.25, -0.2) is 4.39 Å². The topological polar surface area (TPSA) is 45.2 Å². The second-order valence-corrected chi connectivity index (χ2v) is 11.9. The maximum atomic E-state index is 15.2. The Bertz CT molecular complexity index is 1300. The van der Waals surface area contributed by atoms with Gasteiger partial charge in [0.2, 0.25) is 0 Å². The van der Waals surface area contributed by atoms with E-state index in [1.54, 1.807) is 25.3 Å². The van der Waals surface area contributed by atoms with E-state index in [4.69, 9.17) is 9.47 Å². The highest BCUT2D eigenvalue weighted by Crippen LogP contribution is 2.40. The number of methoxy groups -OCH3 is 1. The maximum Gasteiger partial charge on any atom is 0.165 e. The van der Waals surface area contributed by atoms with Crippen LogP contribution in [0.3, 0.4) is 0 Å². The van der Waals surface area contributed by atoms with Crippen molar-refractivity contribution >= 4 is 5.69 Å². The van der Waals surface area contributed by atoms with Crippen LogP contribution < -0.4 is 14.4 Å². The van der Waals surface area contributed by atoms with Crippen LogP contribution in [0, 0.1) is 5.82 Å². The van der Waals surface area contributed by atoms with Crippen molar-refractivity contribution in [3.05, 3.63) is 82.7 Å². The molecule has 5 nitrogen and oxygen atoms in total. The number of likely N-dealkylation sites (tertiary alicyclic amines) is 1. The average Bonchev–Trinajstić information content (AvgIpc) is 3.25. The minimum absolute atomic E-state index is 0.196. The molecule has 220 valence electrons. The van der Waals surface area contributed by atoms with Crippen molar-refractivity contribution < 1.29 is 19.0 Å². The van der Waals surface area contributed by atoms with Crippen LogP contribution >= 0.6 is 0 Å². The molecule has 3 aromatic rings. The van der Waals surface area contributed by atoms with Crippen molar-refractivity contribution in [3.8, 4) is 17.2 Å². The van der Waals surface area contributed by atoms with Crippen LogP contribution in [-0.4, -0.2) is 49.4 Å². The SMILES string of the molecule is COc1ccc([C@@H]2CCc3cc(O)ccc3C2)c(N(Cc2ccc(OCCN3CCCCCC3)c(F)c2)C(C)C)c1. The minimum atomic E-state index is -0.305. The smallest absolute Gasteiger partial charge is 0.165 e. The molecule has 41 heavy (non-hydrogen) atoms. The fraction of sp³-hybridized carbons (Fsp3) is 0.486. The highest BCUT2D eigenvalue weighted by molar-refractivity contribution is 5.60. The van der Waals surface area contributed by atoms with Crippen LogP contribution in [0.4, 0.5) is 10.1 Å². The number of phenolic OH excluding ortho intramolecular Hbond substituents is 1. The van der Waals surface area contributed by atoms with E-state index in [2.05, 4.69) is 41.8 Å². The van der Waals surface area contributed by atoms with Crippen LogP contribution in [0.15, 0.2) is 54.6 Å². The number of benzene rings is 3. The van der Waals surface area contributed by atoms with E-state index in [0.717, 1.165) is 55.9 Å². The van der Waals surface area contributed by atoms with Crippen LogP contribution in [0.25, 0.3) is 0 Å². The zero-order chi connectivity index (χ0) is 28.8. The van der Waals surface area contributed by atoms with Gasteiger partial charge >= 0.3 is 0 Å². The second-order valence-electron chi connectivity index (χ2n) is 11.9. The van der Waals surface area contributed by atoms with Crippen LogP contribution in [-0.2, 0) is 19.4 Å². The van der Waals surface area contributed by atoms with Crippen molar-refractivity contribution in [1.29, 1.82) is 0 Å². The molecule has 6 heteroatoms. The summed E-state index contributed by atoms with van der Waals surface area (Å²) >= 11 is 0. The van der Waals surface area contributed by atoms with Gasteiger partial charge in [0.25, 0.3) is 0 Å². The molecule has 5 rings (SSSR count). The first kappa shape index (κ1) is 29.2. The highest BCUT2D eigenvalue weighted by atomic mass is 19.1. The van der Waals surface area contributed by atoms with Gasteiger partial charge in [0.1, 0.15) is 18.1 Å². The number of nitrogens with zero attached hydrogens (tertiary/aromatic N) is 2. The van der Waals surface area contributed by atoms with Gasteiger partial charge in [0.15, 0.2) is 11.6 Å². The summed E-state index contributed by atoms with van der Waals surface area (Å²) in [4.78, 5) is 4.78. The van der Waals surface area contributed by atoms with E-state index >= 15 is 4.39 Å². The number of hydrogen-bond donors (Lipinski definition) is 1. The number of fused-ring (bicyclic) bond motifs is 1. The molecule has 3 aromatic carbocycles. The Morgan fingerprint density at radius 2 is 1.78 bits per heavy atom. The normalized spacial score (nSPS) is 17.6. The molecule has 0 bridgehead atoms. The van der Waals surface area contributed by atoms with E-state index in [0.29, 0.717) is 30.6 Å². The summed E-state index contributed by atoms with van der Waals surface area (Å²) < 4.78 is 26.7. The molecule has 1 aliphatic carbocycles. The summed E-state index contributed by atoms with van der Waals surface area (Å²) in [5.74, 6) is 1.52. The Morgan fingerprint density at radius 1 is 0.976 bits per heavy atom. The molecule has 1 N–H and O–H groups in total. The third kappa shape index (κ3) is 7.34. The standard InChI is InChI=1S/C35H45FN2O3/c1-25(2)38(24-26-8-15-35(33(36)20-26)41-19-18-37-16-6-4-5-7-17-37)34-23-31(40-3)13-14-32(34)29-10-9-28-22-30(39)12-11-27(28)21-29/h8,11-15,20,22-23,25,29,39H,4-7,9-10,16-19,21,24H2,1-3H3/t29-/m1/s1. The number of rotatable bonds is 10. The molecule has 0 radical (unpaired) electrons. The molecule has 1 fully saturated rings. The third-order valence-corrected chi connectivity index (χ3v) is 8.74. The van der Waals surface area contributed by atoms with Crippen LogP contribution in [0.2, 0.25) is 0 Å². The molecular weight excluding hydrogens is 515 g/mol. The second kappa shape index (κ2) is 13.6. The predicted octanol–water partition coefficient (Wildman–Crippen LogP) is 7.48. The van der Waals surface area contributed by atoms with Crippen molar-refractivity contribution in [1.82, 2.24) is 4.90 Å². The molecule has 1 atom stereocenters. The molecular formula is C35H45FN2O3. The summed E-state index contributed by atoms with van der Waals surface area (Å²) in [5, 5.41) is 9.93. The van der Waals surface area contributed by atoms with Gasteiger partial charge in [0.05, 0.1) is 7.11 Å². The molecule has 0 aromatic heterocycles. The number of aryl methyl sites for hydroxylation is 1. The van der Waals surface area contributed by atoms with E-state index in [9.17, 15) is 5.11 Å². The highest BCUT2D eigenvalue weighted by Gasteiger charge is 2.26.